The molecule has 0 spiro atoms. The monoisotopic (exact) mass is 346 g/mol. The van der Waals surface area contributed by atoms with Crippen molar-refractivity contribution >= 4 is 0 Å². The van der Waals surface area contributed by atoms with Crippen LogP contribution in [0.3, 0.4) is 0 Å². The summed E-state index contributed by atoms with van der Waals surface area (Å²) in [5.74, 6) is 0. The SMILES string of the molecule is CC(C)(C)C1=[C]([Zr+2][C]2=CC=CC2)CC=C1.[Cl-].[Cl-]. The standard InChI is InChI=1S/C9H13.C5H5.2ClH.Zr/c1-9(2,3)8-6-4-5-7-8;1-2-4-5-3-1;;;/h4,6H,5H2,1-3H3;1-3H,4H2;2*1H;/q;;;;+2/p-2. The third kappa shape index (κ3) is 4.54. The molecule has 17 heavy (non-hydrogen) atoms. The molecule has 3 heteroatoms. The number of hydrogen-bond donors (Lipinski definition) is 0. The maximum atomic E-state index is 2.36. The summed E-state index contributed by atoms with van der Waals surface area (Å²) < 4.78 is 3.53. The Hall–Kier alpha value is 0.423. The molecule has 0 aromatic heterocycles. The van der Waals surface area contributed by atoms with Crippen LogP contribution in [-0.2, 0) is 23.2 Å². The molecule has 0 aliphatic heterocycles. The van der Waals surface area contributed by atoms with Crippen LogP contribution in [0.1, 0.15) is 33.6 Å². The summed E-state index contributed by atoms with van der Waals surface area (Å²) in [7, 11) is 0. The van der Waals surface area contributed by atoms with Gasteiger partial charge in [-0.1, -0.05) is 0 Å². The topological polar surface area (TPSA) is 0 Å². The zero-order valence-electron chi connectivity index (χ0n) is 10.6. The van der Waals surface area contributed by atoms with Gasteiger partial charge in [-0.15, -0.1) is 0 Å². The van der Waals surface area contributed by atoms with E-state index >= 15 is 0 Å². The average Bonchev–Trinajstić information content (AvgIpc) is 2.73. The molecular formula is C14H18Cl2Zr. The molecule has 0 radical (unpaired) electrons. The van der Waals surface area contributed by atoms with E-state index < -0.39 is 23.2 Å². The van der Waals surface area contributed by atoms with Gasteiger partial charge in [-0.2, -0.15) is 0 Å². The second kappa shape index (κ2) is 7.12. The Morgan fingerprint density at radius 2 is 1.76 bits per heavy atom. The summed E-state index contributed by atoms with van der Waals surface area (Å²) >= 11 is -0.443. The Kier molecular flexibility index (Phi) is 7.30. The summed E-state index contributed by atoms with van der Waals surface area (Å²) in [4.78, 5) is 0. The van der Waals surface area contributed by atoms with E-state index in [-0.39, 0.29) is 24.8 Å². The van der Waals surface area contributed by atoms with Crippen molar-refractivity contribution in [2.75, 3.05) is 0 Å². The van der Waals surface area contributed by atoms with Gasteiger partial charge in [0.2, 0.25) is 0 Å². The Labute approximate surface area is 129 Å². The molecule has 0 aromatic carbocycles. The molecule has 0 fully saturated rings. The van der Waals surface area contributed by atoms with Crippen molar-refractivity contribution in [2.45, 2.75) is 33.6 Å². The number of halogens is 2. The average molecular weight is 348 g/mol. The number of rotatable bonds is 2. The smallest absolute Gasteiger partial charge is 1.00 e. The molecule has 0 aromatic rings. The first-order chi connectivity index (χ1) is 7.07. The van der Waals surface area contributed by atoms with Gasteiger partial charge in [-0.25, -0.2) is 0 Å². The van der Waals surface area contributed by atoms with E-state index in [9.17, 15) is 0 Å². The van der Waals surface area contributed by atoms with Crippen LogP contribution in [0, 0.1) is 5.41 Å². The van der Waals surface area contributed by atoms with Crippen molar-refractivity contribution in [3.05, 3.63) is 42.5 Å². The maximum Gasteiger partial charge on any atom is -1.00 e. The predicted molar refractivity (Wildman–Crippen MR) is 62.1 cm³/mol. The van der Waals surface area contributed by atoms with Crippen LogP contribution in [0.4, 0.5) is 0 Å². The van der Waals surface area contributed by atoms with Crippen LogP contribution in [0.5, 0.6) is 0 Å². The van der Waals surface area contributed by atoms with Gasteiger partial charge < -0.3 is 24.8 Å². The zero-order chi connectivity index (χ0) is 10.9. The van der Waals surface area contributed by atoms with Crippen molar-refractivity contribution in [3.63, 3.8) is 0 Å². The third-order valence-electron chi connectivity index (χ3n) is 2.82. The van der Waals surface area contributed by atoms with E-state index in [2.05, 4.69) is 51.2 Å². The molecule has 0 saturated carbocycles. The Morgan fingerprint density at radius 3 is 2.29 bits per heavy atom. The van der Waals surface area contributed by atoms with Gasteiger partial charge in [-0.3, -0.25) is 0 Å². The molecule has 92 valence electrons. The van der Waals surface area contributed by atoms with Crippen LogP contribution in [0.25, 0.3) is 0 Å². The minimum absolute atomic E-state index is 0. The van der Waals surface area contributed by atoms with E-state index in [1.54, 1.807) is 12.1 Å². The van der Waals surface area contributed by atoms with Gasteiger partial charge in [-0.05, 0) is 0 Å². The van der Waals surface area contributed by atoms with E-state index in [0.717, 1.165) is 0 Å². The van der Waals surface area contributed by atoms with Crippen molar-refractivity contribution in [2.24, 2.45) is 5.41 Å². The fraction of sp³-hybridized carbons (Fsp3) is 0.429. The molecule has 2 aliphatic rings. The predicted octanol–water partition coefficient (Wildman–Crippen LogP) is -1.82. The van der Waals surface area contributed by atoms with Gasteiger partial charge in [0.05, 0.1) is 0 Å². The van der Waals surface area contributed by atoms with Gasteiger partial charge >= 0.3 is 105 Å². The summed E-state index contributed by atoms with van der Waals surface area (Å²) in [5, 5.41) is 0. The molecule has 2 rings (SSSR count). The van der Waals surface area contributed by atoms with Crippen LogP contribution in [0.15, 0.2) is 42.5 Å². The first-order valence-corrected chi connectivity index (χ1v) is 8.06. The van der Waals surface area contributed by atoms with Crippen molar-refractivity contribution in [3.8, 4) is 0 Å². The first-order valence-electron chi connectivity index (χ1n) is 5.60. The largest absolute Gasteiger partial charge is 1.00 e. The molecular weight excluding hydrogens is 330 g/mol. The minimum Gasteiger partial charge on any atom is -1.00 e. The van der Waals surface area contributed by atoms with Crippen LogP contribution in [-0.4, -0.2) is 0 Å². The number of allylic oxidation sites excluding steroid dienone is 8. The molecule has 0 amide bonds. The van der Waals surface area contributed by atoms with Gasteiger partial charge in [0.1, 0.15) is 0 Å². The molecule has 0 saturated heterocycles. The van der Waals surface area contributed by atoms with E-state index in [1.165, 1.54) is 12.8 Å². The maximum absolute atomic E-state index is 2.36. The quantitative estimate of drug-likeness (QED) is 0.552. The first kappa shape index (κ1) is 17.4. The Morgan fingerprint density at radius 1 is 1.06 bits per heavy atom. The second-order valence-electron chi connectivity index (χ2n) is 5.20. The summed E-state index contributed by atoms with van der Waals surface area (Å²) in [5.41, 5.74) is 1.97. The Balaban J connectivity index is 0.00000128. The summed E-state index contributed by atoms with van der Waals surface area (Å²) in [6, 6.07) is 0. The fourth-order valence-electron chi connectivity index (χ4n) is 2.06. The second-order valence-corrected chi connectivity index (χ2v) is 8.87. The van der Waals surface area contributed by atoms with Crippen LogP contribution < -0.4 is 24.8 Å². The molecule has 2 aliphatic carbocycles. The van der Waals surface area contributed by atoms with Crippen LogP contribution >= 0.6 is 0 Å². The summed E-state index contributed by atoms with van der Waals surface area (Å²) in [6.45, 7) is 7.00. The Bertz CT molecular complexity index is 382. The summed E-state index contributed by atoms with van der Waals surface area (Å²) in [6.07, 6.45) is 14.0. The van der Waals surface area contributed by atoms with Gasteiger partial charge in [0.25, 0.3) is 0 Å². The molecule has 0 bridgehead atoms. The van der Waals surface area contributed by atoms with Crippen molar-refractivity contribution in [1.29, 1.82) is 0 Å². The normalized spacial score (nSPS) is 17.5. The molecule has 0 heterocycles. The van der Waals surface area contributed by atoms with Gasteiger partial charge in [0, 0.05) is 0 Å². The van der Waals surface area contributed by atoms with E-state index in [0.29, 0.717) is 5.41 Å². The molecule has 0 N–H and O–H groups in total. The van der Waals surface area contributed by atoms with E-state index in [4.69, 9.17) is 0 Å². The number of hydrogen-bond acceptors (Lipinski definition) is 0. The fourth-order valence-corrected chi connectivity index (χ4v) is 5.99. The van der Waals surface area contributed by atoms with Gasteiger partial charge in [0.15, 0.2) is 0 Å². The van der Waals surface area contributed by atoms with E-state index in [1.807, 2.05) is 0 Å². The molecule has 0 atom stereocenters. The third-order valence-corrected chi connectivity index (χ3v) is 6.43. The van der Waals surface area contributed by atoms with Crippen molar-refractivity contribution < 1.29 is 48.0 Å². The zero-order valence-corrected chi connectivity index (χ0v) is 14.5. The minimum atomic E-state index is -0.443. The van der Waals surface area contributed by atoms with Crippen molar-refractivity contribution in [1.82, 2.24) is 0 Å². The molecule has 0 unspecified atom stereocenters. The molecule has 0 nitrogen and oxygen atoms in total. The van der Waals surface area contributed by atoms with Crippen LogP contribution in [0.2, 0.25) is 0 Å².